The van der Waals surface area contributed by atoms with Crippen molar-refractivity contribution in [3.8, 4) is 0 Å². The average molecular weight is 226 g/mol. The molecule has 0 radical (unpaired) electrons. The van der Waals surface area contributed by atoms with Gasteiger partial charge in [0.1, 0.15) is 5.78 Å². The molecule has 0 spiro atoms. The highest BCUT2D eigenvalue weighted by Crippen LogP contribution is 2.55. The molecule has 0 aromatic heterocycles. The number of rotatable bonds is 3. The second kappa shape index (κ2) is 4.17. The second-order valence-corrected chi connectivity index (χ2v) is 4.79. The first kappa shape index (κ1) is 11.6. The summed E-state index contributed by atoms with van der Waals surface area (Å²) in [6.07, 6.45) is 3.45. The number of Topliss-reactive ketones (excluding diaryl/α,β-unsaturated/α-hetero) is 1. The molecule has 0 aliphatic heterocycles. The second-order valence-electron chi connectivity index (χ2n) is 4.79. The van der Waals surface area contributed by atoms with E-state index >= 15 is 0 Å². The molecule has 16 heavy (non-hydrogen) atoms. The fraction of sp³-hybridized carbons (Fsp3) is 0.833. The molecule has 4 nitrogen and oxygen atoms in total. The Morgan fingerprint density at radius 1 is 1.44 bits per heavy atom. The zero-order valence-corrected chi connectivity index (χ0v) is 9.82. The van der Waals surface area contributed by atoms with Gasteiger partial charge < -0.3 is 9.47 Å². The number of fused-ring (bicyclic) bond motifs is 1. The van der Waals surface area contributed by atoms with Crippen molar-refractivity contribution in [1.82, 2.24) is 0 Å². The first-order valence-corrected chi connectivity index (χ1v) is 5.77. The maximum absolute atomic E-state index is 12.0. The van der Waals surface area contributed by atoms with Crippen LogP contribution in [0.3, 0.4) is 0 Å². The number of ether oxygens (including phenoxy) is 2. The van der Waals surface area contributed by atoms with Crippen LogP contribution in [0.4, 0.5) is 0 Å². The van der Waals surface area contributed by atoms with Crippen LogP contribution < -0.4 is 0 Å². The zero-order chi connectivity index (χ0) is 11.8. The fourth-order valence-electron chi connectivity index (χ4n) is 3.42. The molecule has 90 valence electrons. The summed E-state index contributed by atoms with van der Waals surface area (Å²) in [6, 6.07) is 0. The number of hydrogen-bond acceptors (Lipinski definition) is 4. The number of carbonyl (C=O) groups is 2. The lowest BCUT2D eigenvalue weighted by Gasteiger charge is -2.27. The predicted octanol–water partition coefficient (Wildman–Crippen LogP) is 1.32. The van der Waals surface area contributed by atoms with Crippen molar-refractivity contribution >= 4 is 11.8 Å². The van der Waals surface area contributed by atoms with E-state index in [1.807, 2.05) is 0 Å². The van der Waals surface area contributed by atoms with Crippen LogP contribution >= 0.6 is 0 Å². The molecule has 0 bridgehead atoms. The number of hydrogen-bond donors (Lipinski definition) is 0. The van der Waals surface area contributed by atoms with E-state index in [-0.39, 0.29) is 30.2 Å². The van der Waals surface area contributed by atoms with E-state index in [9.17, 15) is 9.59 Å². The van der Waals surface area contributed by atoms with Crippen molar-refractivity contribution in [2.75, 3.05) is 14.2 Å². The third-order valence-corrected chi connectivity index (χ3v) is 4.26. The third-order valence-electron chi connectivity index (χ3n) is 4.26. The first-order chi connectivity index (χ1) is 7.64. The molecule has 2 fully saturated rings. The molecule has 0 N–H and O–H groups in total. The first-order valence-electron chi connectivity index (χ1n) is 5.77. The minimum Gasteiger partial charge on any atom is -0.469 e. The molecule has 2 rings (SSSR count). The van der Waals surface area contributed by atoms with Crippen LogP contribution in [-0.4, -0.2) is 32.1 Å². The minimum atomic E-state index is -0.478. The van der Waals surface area contributed by atoms with Crippen LogP contribution in [0.15, 0.2) is 0 Å². The van der Waals surface area contributed by atoms with Crippen LogP contribution in [-0.2, 0) is 19.1 Å². The summed E-state index contributed by atoms with van der Waals surface area (Å²) in [5.74, 6) is 0.156. The van der Waals surface area contributed by atoms with Gasteiger partial charge in [0.05, 0.1) is 19.6 Å². The van der Waals surface area contributed by atoms with Gasteiger partial charge in [-0.25, -0.2) is 0 Å². The Labute approximate surface area is 95.3 Å². The molecule has 0 aromatic carbocycles. The SMILES string of the molecule is COC(=O)C[C@]12CC[C@@H](OC)[C@H]1CCC2=O. The van der Waals surface area contributed by atoms with Gasteiger partial charge in [0.15, 0.2) is 0 Å². The van der Waals surface area contributed by atoms with E-state index in [1.54, 1.807) is 7.11 Å². The summed E-state index contributed by atoms with van der Waals surface area (Å²) in [7, 11) is 3.05. The van der Waals surface area contributed by atoms with E-state index < -0.39 is 5.41 Å². The number of carbonyl (C=O) groups excluding carboxylic acids is 2. The van der Waals surface area contributed by atoms with E-state index in [0.29, 0.717) is 6.42 Å². The molecule has 2 aliphatic carbocycles. The van der Waals surface area contributed by atoms with Crippen molar-refractivity contribution in [2.45, 2.75) is 38.2 Å². The van der Waals surface area contributed by atoms with Gasteiger partial charge in [0.2, 0.25) is 0 Å². The standard InChI is InChI=1S/C12H18O4/c1-15-9-5-6-12(7-11(14)16-2)8(9)3-4-10(12)13/h8-9H,3-7H2,1-2H3/t8-,9-,12-/m1/s1. The number of esters is 1. The lowest BCUT2D eigenvalue weighted by Crippen LogP contribution is -2.34. The molecule has 0 unspecified atom stereocenters. The fourth-order valence-corrected chi connectivity index (χ4v) is 3.42. The summed E-state index contributed by atoms with van der Waals surface area (Å²) >= 11 is 0. The van der Waals surface area contributed by atoms with Crippen LogP contribution in [0.1, 0.15) is 32.1 Å². The lowest BCUT2D eigenvalue weighted by atomic mass is 9.76. The largest absolute Gasteiger partial charge is 0.469 e. The van der Waals surface area contributed by atoms with Crippen molar-refractivity contribution < 1.29 is 19.1 Å². The molecule has 2 saturated carbocycles. The van der Waals surface area contributed by atoms with Crippen molar-refractivity contribution in [1.29, 1.82) is 0 Å². The Morgan fingerprint density at radius 3 is 2.81 bits per heavy atom. The molecule has 0 saturated heterocycles. The quantitative estimate of drug-likeness (QED) is 0.681. The van der Waals surface area contributed by atoms with Gasteiger partial charge in [-0.1, -0.05) is 0 Å². The molecular formula is C12H18O4. The average Bonchev–Trinajstić information content (AvgIpc) is 2.78. The predicted molar refractivity (Wildman–Crippen MR) is 56.8 cm³/mol. The van der Waals surface area contributed by atoms with Gasteiger partial charge in [-0.15, -0.1) is 0 Å². The van der Waals surface area contributed by atoms with Crippen LogP contribution in [0, 0.1) is 11.3 Å². The normalized spacial score (nSPS) is 37.5. The van der Waals surface area contributed by atoms with E-state index in [1.165, 1.54) is 7.11 Å². The van der Waals surface area contributed by atoms with Crippen molar-refractivity contribution in [3.63, 3.8) is 0 Å². The summed E-state index contributed by atoms with van der Waals surface area (Å²) in [5.41, 5.74) is -0.478. The van der Waals surface area contributed by atoms with Crippen LogP contribution in [0.25, 0.3) is 0 Å². The Bertz CT molecular complexity index is 312. The summed E-state index contributed by atoms with van der Waals surface area (Å²) in [4.78, 5) is 23.5. The lowest BCUT2D eigenvalue weighted by molar-refractivity contribution is -0.147. The van der Waals surface area contributed by atoms with Gasteiger partial charge >= 0.3 is 5.97 Å². The van der Waals surface area contributed by atoms with E-state index in [2.05, 4.69) is 0 Å². The van der Waals surface area contributed by atoms with Gasteiger partial charge in [-0.2, -0.15) is 0 Å². The highest BCUT2D eigenvalue weighted by atomic mass is 16.5. The molecule has 0 amide bonds. The smallest absolute Gasteiger partial charge is 0.306 e. The Balaban J connectivity index is 2.21. The van der Waals surface area contributed by atoms with Crippen molar-refractivity contribution in [3.05, 3.63) is 0 Å². The van der Waals surface area contributed by atoms with Crippen LogP contribution in [0.2, 0.25) is 0 Å². The topological polar surface area (TPSA) is 52.6 Å². The zero-order valence-electron chi connectivity index (χ0n) is 9.82. The van der Waals surface area contributed by atoms with E-state index in [0.717, 1.165) is 19.3 Å². The Morgan fingerprint density at radius 2 is 2.19 bits per heavy atom. The molecule has 2 aliphatic rings. The number of ketones is 1. The molecule has 0 aromatic rings. The minimum absolute atomic E-state index is 0.135. The highest BCUT2D eigenvalue weighted by molar-refractivity contribution is 5.91. The molecule has 4 heteroatoms. The molecule has 0 heterocycles. The third kappa shape index (κ3) is 1.56. The Hall–Kier alpha value is -0.900. The summed E-state index contributed by atoms with van der Waals surface area (Å²) < 4.78 is 10.1. The molecule has 3 atom stereocenters. The number of methoxy groups -OCH3 is 2. The van der Waals surface area contributed by atoms with Crippen molar-refractivity contribution in [2.24, 2.45) is 11.3 Å². The van der Waals surface area contributed by atoms with Crippen LogP contribution in [0.5, 0.6) is 0 Å². The maximum Gasteiger partial charge on any atom is 0.306 e. The van der Waals surface area contributed by atoms with Gasteiger partial charge in [-0.05, 0) is 25.2 Å². The maximum atomic E-state index is 12.0. The van der Waals surface area contributed by atoms with E-state index in [4.69, 9.17) is 9.47 Å². The summed E-state index contributed by atoms with van der Waals surface area (Å²) in [5, 5.41) is 0. The Kier molecular flexibility index (Phi) is 3.02. The van der Waals surface area contributed by atoms with Gasteiger partial charge in [0, 0.05) is 18.9 Å². The van der Waals surface area contributed by atoms with Gasteiger partial charge in [0.25, 0.3) is 0 Å². The monoisotopic (exact) mass is 226 g/mol. The van der Waals surface area contributed by atoms with Gasteiger partial charge in [-0.3, -0.25) is 9.59 Å². The summed E-state index contributed by atoms with van der Waals surface area (Å²) in [6.45, 7) is 0. The molecular weight excluding hydrogens is 208 g/mol. The highest BCUT2D eigenvalue weighted by Gasteiger charge is 2.57.